The van der Waals surface area contributed by atoms with Crippen molar-refractivity contribution < 1.29 is 4.79 Å². The van der Waals surface area contributed by atoms with Gasteiger partial charge in [-0.1, -0.05) is 0 Å². The van der Waals surface area contributed by atoms with E-state index >= 15 is 0 Å². The highest BCUT2D eigenvalue weighted by atomic mass is 16.2. The summed E-state index contributed by atoms with van der Waals surface area (Å²) in [5.41, 5.74) is 0.767. The number of carbonyl (C=O) groups is 1. The number of aliphatic imine (C=N–C) groups is 1. The number of rotatable bonds is 1. The van der Waals surface area contributed by atoms with Gasteiger partial charge in [0.1, 0.15) is 5.84 Å². The molecule has 0 N–H and O–H groups in total. The van der Waals surface area contributed by atoms with Gasteiger partial charge in [-0.15, -0.1) is 0 Å². The maximum Gasteiger partial charge on any atom is 0.253 e. The average Bonchev–Trinajstić information content (AvgIpc) is 2.80. The number of hydrogen-bond donors (Lipinski definition) is 0. The van der Waals surface area contributed by atoms with Crippen molar-refractivity contribution >= 4 is 11.7 Å². The van der Waals surface area contributed by atoms with Crippen molar-refractivity contribution in [3.8, 4) is 0 Å². The highest BCUT2D eigenvalue weighted by molar-refractivity contribution is 6.00. The predicted molar refractivity (Wildman–Crippen MR) is 73.2 cm³/mol. The third-order valence-electron chi connectivity index (χ3n) is 3.82. The zero-order valence-electron chi connectivity index (χ0n) is 11.4. The number of amides is 1. The van der Waals surface area contributed by atoms with Gasteiger partial charge in [-0.3, -0.25) is 14.8 Å². The van der Waals surface area contributed by atoms with E-state index in [9.17, 15) is 4.79 Å². The summed E-state index contributed by atoms with van der Waals surface area (Å²) in [7, 11) is 4.05. The summed E-state index contributed by atoms with van der Waals surface area (Å²) in [6, 6.07) is 0. The molecule has 0 atom stereocenters. The molecule has 0 spiro atoms. The van der Waals surface area contributed by atoms with Gasteiger partial charge in [0.05, 0.1) is 12.1 Å². The molecule has 6 nitrogen and oxygen atoms in total. The maximum atomic E-state index is 12.5. The van der Waals surface area contributed by atoms with Gasteiger partial charge in [0, 0.05) is 51.7 Å². The van der Waals surface area contributed by atoms with Crippen LogP contribution in [0.5, 0.6) is 0 Å². The molecule has 0 aromatic heterocycles. The van der Waals surface area contributed by atoms with E-state index in [0.29, 0.717) is 6.54 Å². The first-order valence-corrected chi connectivity index (χ1v) is 6.58. The Morgan fingerprint density at radius 2 is 1.95 bits per heavy atom. The van der Waals surface area contributed by atoms with E-state index in [-0.39, 0.29) is 5.91 Å². The molecular weight excluding hydrogens is 242 g/mol. The third kappa shape index (κ3) is 2.23. The van der Waals surface area contributed by atoms with Gasteiger partial charge in [-0.2, -0.15) is 0 Å². The molecule has 0 saturated carbocycles. The van der Waals surface area contributed by atoms with Gasteiger partial charge in [0.2, 0.25) is 0 Å². The fraction of sp³-hybridized carbons (Fsp3) is 0.538. The summed E-state index contributed by atoms with van der Waals surface area (Å²) in [5, 5.41) is 3.96. The van der Waals surface area contributed by atoms with Crippen molar-refractivity contribution in [3.63, 3.8) is 0 Å². The second kappa shape index (κ2) is 4.70. The molecule has 0 aromatic rings. The molecule has 1 fully saturated rings. The minimum absolute atomic E-state index is 0.121. The van der Waals surface area contributed by atoms with Crippen LogP contribution in [0.15, 0.2) is 29.0 Å². The number of piperazine rings is 1. The van der Waals surface area contributed by atoms with E-state index in [1.165, 1.54) is 0 Å². The Labute approximate surface area is 113 Å². The number of carbonyl (C=O) groups excluding carboxylic acids is 1. The highest BCUT2D eigenvalue weighted by Gasteiger charge is 2.28. The first kappa shape index (κ1) is 12.2. The van der Waals surface area contributed by atoms with E-state index in [1.54, 1.807) is 6.20 Å². The molecular formula is C13H19N5O. The minimum Gasteiger partial charge on any atom is -0.336 e. The first-order chi connectivity index (χ1) is 9.15. The number of hydrogen-bond acceptors (Lipinski definition) is 5. The van der Waals surface area contributed by atoms with Gasteiger partial charge >= 0.3 is 0 Å². The predicted octanol–water partition coefficient (Wildman–Crippen LogP) is -0.267. The SMILES string of the molecule is CN1CCN(C(=O)C2=CN=C3C=CN(C)N3C2)CC1. The van der Waals surface area contributed by atoms with Gasteiger partial charge in [-0.25, -0.2) is 4.99 Å². The topological polar surface area (TPSA) is 42.4 Å². The lowest BCUT2D eigenvalue weighted by molar-refractivity contribution is -0.129. The molecule has 0 aliphatic carbocycles. The van der Waals surface area contributed by atoms with Crippen LogP contribution in [0.3, 0.4) is 0 Å². The molecule has 6 heteroatoms. The van der Waals surface area contributed by atoms with Crippen molar-refractivity contribution in [2.75, 3.05) is 46.8 Å². The lowest BCUT2D eigenvalue weighted by atomic mass is 10.2. The summed E-state index contributed by atoms with van der Waals surface area (Å²) in [6.45, 7) is 4.10. The van der Waals surface area contributed by atoms with Crippen LogP contribution in [0.4, 0.5) is 0 Å². The molecule has 3 aliphatic heterocycles. The van der Waals surface area contributed by atoms with Crippen molar-refractivity contribution in [1.82, 2.24) is 19.8 Å². The number of fused-ring (bicyclic) bond motifs is 1. The third-order valence-corrected chi connectivity index (χ3v) is 3.82. The Balaban J connectivity index is 1.70. The molecule has 102 valence electrons. The Bertz CT molecular complexity index is 473. The Morgan fingerprint density at radius 1 is 1.21 bits per heavy atom. The van der Waals surface area contributed by atoms with E-state index in [1.807, 2.05) is 34.2 Å². The summed E-state index contributed by atoms with van der Waals surface area (Å²) in [4.78, 5) is 21.0. The first-order valence-electron chi connectivity index (χ1n) is 6.58. The van der Waals surface area contributed by atoms with Gasteiger partial charge in [0.25, 0.3) is 5.91 Å². The van der Waals surface area contributed by atoms with Crippen LogP contribution in [0.25, 0.3) is 0 Å². The van der Waals surface area contributed by atoms with E-state index in [4.69, 9.17) is 0 Å². The number of likely N-dealkylation sites (N-methyl/N-ethyl adjacent to an activating group) is 1. The van der Waals surface area contributed by atoms with E-state index in [0.717, 1.165) is 37.6 Å². The Morgan fingerprint density at radius 3 is 2.68 bits per heavy atom. The van der Waals surface area contributed by atoms with Crippen molar-refractivity contribution in [3.05, 3.63) is 24.0 Å². The van der Waals surface area contributed by atoms with Crippen molar-refractivity contribution in [2.24, 2.45) is 4.99 Å². The maximum absolute atomic E-state index is 12.5. The number of amidine groups is 1. The van der Waals surface area contributed by atoms with Gasteiger partial charge in [0.15, 0.2) is 0 Å². The highest BCUT2D eigenvalue weighted by Crippen LogP contribution is 2.18. The van der Waals surface area contributed by atoms with Crippen molar-refractivity contribution in [2.45, 2.75) is 0 Å². The van der Waals surface area contributed by atoms with Crippen LogP contribution < -0.4 is 0 Å². The van der Waals surface area contributed by atoms with Crippen LogP contribution in [-0.4, -0.2) is 78.4 Å². The molecule has 1 saturated heterocycles. The van der Waals surface area contributed by atoms with Crippen molar-refractivity contribution in [1.29, 1.82) is 0 Å². The fourth-order valence-corrected chi connectivity index (χ4v) is 2.49. The van der Waals surface area contributed by atoms with Crippen LogP contribution in [0, 0.1) is 0 Å². The smallest absolute Gasteiger partial charge is 0.253 e. The molecule has 1 amide bonds. The monoisotopic (exact) mass is 261 g/mol. The molecule has 3 heterocycles. The summed E-state index contributed by atoms with van der Waals surface area (Å²) < 4.78 is 0. The molecule has 0 radical (unpaired) electrons. The van der Waals surface area contributed by atoms with Crippen LogP contribution in [0.1, 0.15) is 0 Å². The lowest BCUT2D eigenvalue weighted by Crippen LogP contribution is -2.49. The largest absolute Gasteiger partial charge is 0.336 e. The molecule has 0 unspecified atom stereocenters. The van der Waals surface area contributed by atoms with Crippen LogP contribution in [0.2, 0.25) is 0 Å². The van der Waals surface area contributed by atoms with E-state index in [2.05, 4.69) is 16.9 Å². The standard InChI is InChI=1S/C13H19N5O/c1-15-5-7-17(8-6-15)13(19)11-9-14-12-3-4-16(2)18(12)10-11/h3-4,9H,5-8,10H2,1-2H3. The Kier molecular flexibility index (Phi) is 3.02. The van der Waals surface area contributed by atoms with Crippen LogP contribution >= 0.6 is 0 Å². The molecule has 0 aromatic carbocycles. The molecule has 3 aliphatic rings. The second-order valence-corrected chi connectivity index (χ2v) is 5.18. The number of hydrazine groups is 1. The Hall–Kier alpha value is -1.82. The summed E-state index contributed by atoms with van der Waals surface area (Å²) in [5.74, 6) is 1.02. The van der Waals surface area contributed by atoms with Gasteiger partial charge in [-0.05, 0) is 7.05 Å². The zero-order chi connectivity index (χ0) is 13.4. The quantitative estimate of drug-likeness (QED) is 0.652. The van der Waals surface area contributed by atoms with E-state index < -0.39 is 0 Å². The van der Waals surface area contributed by atoms with Gasteiger partial charge < -0.3 is 9.80 Å². The summed E-state index contributed by atoms with van der Waals surface area (Å²) in [6.07, 6.45) is 5.62. The molecule has 19 heavy (non-hydrogen) atoms. The lowest BCUT2D eigenvalue weighted by Gasteiger charge is -2.35. The molecule has 0 bridgehead atoms. The zero-order valence-corrected chi connectivity index (χ0v) is 11.4. The average molecular weight is 261 g/mol. The summed E-state index contributed by atoms with van der Waals surface area (Å²) >= 11 is 0. The fourth-order valence-electron chi connectivity index (χ4n) is 2.49. The number of nitrogens with zero attached hydrogens (tertiary/aromatic N) is 5. The normalized spacial score (nSPS) is 23.4. The second-order valence-electron chi connectivity index (χ2n) is 5.18. The molecule has 3 rings (SSSR count). The van der Waals surface area contributed by atoms with Crippen LogP contribution in [-0.2, 0) is 4.79 Å². The minimum atomic E-state index is 0.121.